The summed E-state index contributed by atoms with van der Waals surface area (Å²) in [6.07, 6.45) is 27.3. The second-order valence-electron chi connectivity index (χ2n) is 21.0. The molecule has 6 fully saturated rings. The largest absolute Gasteiger partial charge is 0.476 e. The van der Waals surface area contributed by atoms with Crippen LogP contribution in [-0.4, -0.2) is 123 Å². The number of carbonyl (C=O) groups excluding carboxylic acids is 1. The lowest BCUT2D eigenvalue weighted by atomic mass is 9.89. The molecule has 6 N–H and O–H groups in total. The number of benzene rings is 2. The molecule has 6 atom stereocenters. The van der Waals surface area contributed by atoms with E-state index in [4.69, 9.17) is 5.73 Å². The van der Waals surface area contributed by atoms with Crippen molar-refractivity contribution in [2.75, 3.05) is 0 Å². The molecule has 0 radical (unpaired) electrons. The van der Waals surface area contributed by atoms with Crippen LogP contribution in [0.25, 0.3) is 22.1 Å². The molecule has 12 rings (SSSR count). The van der Waals surface area contributed by atoms with Crippen LogP contribution in [-0.2, 0) is 13.1 Å². The van der Waals surface area contributed by atoms with Crippen LogP contribution in [0.1, 0.15) is 201 Å². The molecule has 4 bridgehead atoms. The van der Waals surface area contributed by atoms with Gasteiger partial charge in [-0.1, -0.05) is 114 Å². The number of aromatic carboxylic acids is 1. The Kier molecular flexibility index (Phi) is 20.4. The molecule has 4 aliphatic heterocycles. The van der Waals surface area contributed by atoms with Gasteiger partial charge in [-0.05, 0) is 101 Å². The fourth-order valence-electron chi connectivity index (χ4n) is 13.5. The number of hydrogen-bond acceptors (Lipinski definition) is 15. The predicted octanol–water partition coefficient (Wildman–Crippen LogP) is 7.85. The third kappa shape index (κ3) is 12.7. The molecule has 412 valence electrons. The van der Waals surface area contributed by atoms with Gasteiger partial charge in [-0.15, -0.1) is 32.8 Å². The third-order valence-electron chi connectivity index (χ3n) is 16.6. The molecular weight excluding hydrogens is 988 g/mol. The van der Waals surface area contributed by atoms with E-state index in [1.54, 1.807) is 10.6 Å². The number of tetrazole rings is 2. The highest BCUT2D eigenvalue weighted by Crippen LogP contribution is 2.46. The van der Waals surface area contributed by atoms with Gasteiger partial charge in [-0.25, -0.2) is 14.8 Å². The Morgan fingerprint density at radius 3 is 1.34 bits per heavy atom. The van der Waals surface area contributed by atoms with Crippen molar-refractivity contribution in [3.05, 3.63) is 92.3 Å². The van der Waals surface area contributed by atoms with Crippen LogP contribution in [0, 0.1) is 0 Å². The number of nitrogens with two attached hydrogens (primary N) is 1. The van der Waals surface area contributed by atoms with Crippen LogP contribution in [0.2, 0.25) is 0 Å². The molecule has 76 heavy (non-hydrogen) atoms. The number of nitrogens with one attached hydrogen (secondary N) is 3. The summed E-state index contributed by atoms with van der Waals surface area (Å²) in [5.74, 6) is -0.865. The summed E-state index contributed by atoms with van der Waals surface area (Å²) in [4.78, 5) is 65.8. The van der Waals surface area contributed by atoms with E-state index in [2.05, 4.69) is 66.3 Å². The van der Waals surface area contributed by atoms with Crippen molar-refractivity contribution in [3.8, 4) is 0 Å². The van der Waals surface area contributed by atoms with E-state index < -0.39 is 17.4 Å². The number of carbonyl (C=O) groups is 2. The first-order chi connectivity index (χ1) is 35.7. The number of halogens is 1. The molecule has 1 amide bonds. The maximum absolute atomic E-state index is 13.8. The number of rotatable bonds is 9. The molecule has 22 heteroatoms. The zero-order valence-electron chi connectivity index (χ0n) is 42.1. The lowest BCUT2D eigenvalue weighted by molar-refractivity contribution is 0.0494. The van der Waals surface area contributed by atoms with Crippen LogP contribution in [0.15, 0.2) is 58.1 Å². The van der Waals surface area contributed by atoms with Gasteiger partial charge in [-0.2, -0.15) is 10.4 Å². The summed E-state index contributed by atoms with van der Waals surface area (Å²) < 4.78 is 3.62. The highest BCUT2D eigenvalue weighted by Gasteiger charge is 2.46. The van der Waals surface area contributed by atoms with Crippen molar-refractivity contribution >= 4 is 46.4 Å². The average Bonchev–Trinajstić information content (AvgIpc) is 4.22. The Labute approximate surface area is 450 Å². The summed E-state index contributed by atoms with van der Waals surface area (Å²) in [7, 11) is 0. The lowest BCUT2D eigenvalue weighted by Gasteiger charge is -2.45. The third-order valence-corrected chi connectivity index (χ3v) is 16.6. The van der Waals surface area contributed by atoms with Crippen molar-refractivity contribution in [3.63, 3.8) is 0 Å². The molecule has 2 saturated carbocycles. The van der Waals surface area contributed by atoms with Crippen molar-refractivity contribution in [2.24, 2.45) is 5.73 Å². The van der Waals surface area contributed by atoms with Gasteiger partial charge < -0.3 is 25.3 Å². The van der Waals surface area contributed by atoms with Gasteiger partial charge >= 0.3 is 5.97 Å². The number of amides is 1. The number of carboxylic acid groups (broad SMARTS) is 1. The fraction of sp³-hybridized carbons (Fsp3) is 0.630. The van der Waals surface area contributed by atoms with Crippen LogP contribution in [0.3, 0.4) is 0 Å². The first-order valence-corrected chi connectivity index (χ1v) is 27.0. The zero-order chi connectivity index (χ0) is 50.3. The van der Waals surface area contributed by atoms with Crippen LogP contribution >= 0.6 is 12.4 Å². The smallest absolute Gasteiger partial charge is 0.360 e. The molecular formula is C54H79ClN16O5. The second-order valence-corrected chi connectivity index (χ2v) is 21.0. The lowest BCUT2D eigenvalue weighted by Crippen LogP contribution is -2.50. The Morgan fingerprint density at radius 2 is 0.947 bits per heavy atom. The summed E-state index contributed by atoms with van der Waals surface area (Å²) in [6.45, 7) is 0.420. The molecule has 6 aromatic rings. The number of carboxylic acids is 1. The SMILES string of the molecule is C.C.Cl.NCc1nn[nH]n1.O=C(NCc1nn[nH]n1)c1nc2ccccc2n(C2C[C@H]3CC[C@@H](C2)N3C2CCCCCCC2)c1=O.O=C(O)c1nc2ccccc2n(C2C[C@H]3CC[C@@H](C2)N3C2CCCCCCC2)c1=O. The van der Waals surface area contributed by atoms with E-state index in [0.717, 1.165) is 36.7 Å². The topological polar surface area (TPSA) is 278 Å². The molecule has 2 aromatic carbocycles. The summed E-state index contributed by atoms with van der Waals surface area (Å²) in [6, 6.07) is 18.6. The summed E-state index contributed by atoms with van der Waals surface area (Å²) in [5.41, 5.74) is 6.72. The first kappa shape index (κ1) is 57.7. The van der Waals surface area contributed by atoms with Gasteiger partial charge in [0.05, 0.1) is 35.2 Å². The maximum atomic E-state index is 13.8. The highest BCUT2D eigenvalue weighted by molar-refractivity contribution is 5.94. The van der Waals surface area contributed by atoms with Gasteiger partial charge in [-0.3, -0.25) is 24.2 Å². The van der Waals surface area contributed by atoms with Gasteiger partial charge in [0.1, 0.15) is 0 Å². The minimum atomic E-state index is -1.24. The number of hydrogen-bond donors (Lipinski definition) is 5. The standard InChI is InChI=1S/C26H34N8O2.C24H31N3O3.C2H5N5.2CH4.ClH/c35-25(27-16-23-29-31-32-30-23)24-26(36)34(22-11-7-6-10-21(22)28-24)20-14-18-12-13-19(15-20)33(18)17-8-4-2-1-3-5-9-17;28-23-22(24(29)30)25-20-10-6-7-11-21(20)27(23)19-14-17-12-13-18(15-19)26(17)16-8-4-2-1-3-5-9-16;3-1-2-4-6-7-5-2;;;/h6-7,10-11,17-20H,1-5,8-9,12-16H2,(H,27,35)(H,29,30,31,32);6-7,10-11,16-19H,1-5,8-9,12-15H2,(H,29,30);1,3H2,(H,4,5,6,7);2*1H4;1H/t18-,19+,20?;17-,18+,19?;;;;. The molecule has 6 aliphatic rings. The Hall–Kier alpha value is -6.03. The molecule has 2 unspecified atom stereocenters. The summed E-state index contributed by atoms with van der Waals surface area (Å²) in [5, 5.41) is 38.5. The maximum Gasteiger partial charge on any atom is 0.360 e. The minimum absolute atomic E-state index is 0. The number of aromatic nitrogens is 12. The normalized spacial score (nSPS) is 24.1. The second kappa shape index (κ2) is 26.8. The summed E-state index contributed by atoms with van der Waals surface area (Å²) >= 11 is 0. The highest BCUT2D eigenvalue weighted by atomic mass is 35.5. The Balaban J connectivity index is 0.000000191. The monoisotopic (exact) mass is 1070 g/mol. The molecule has 8 heterocycles. The number of aromatic amines is 2. The predicted molar refractivity (Wildman–Crippen MR) is 293 cm³/mol. The van der Waals surface area contributed by atoms with Crippen LogP contribution < -0.4 is 22.2 Å². The van der Waals surface area contributed by atoms with E-state index in [-0.39, 0.29) is 62.8 Å². The number of para-hydroxylation sites is 4. The first-order valence-electron chi connectivity index (χ1n) is 27.0. The molecule has 21 nitrogen and oxygen atoms in total. The number of fused-ring (bicyclic) bond motifs is 6. The van der Waals surface area contributed by atoms with Gasteiger partial charge in [0.15, 0.2) is 17.3 Å². The number of piperidine rings is 2. The molecule has 0 spiro atoms. The molecule has 2 aliphatic carbocycles. The molecule has 4 aromatic heterocycles. The molecule has 4 saturated heterocycles. The van der Waals surface area contributed by atoms with Crippen LogP contribution in [0.5, 0.6) is 0 Å². The van der Waals surface area contributed by atoms with Gasteiger partial charge in [0.2, 0.25) is 5.69 Å². The number of H-pyrrole nitrogens is 2. The van der Waals surface area contributed by atoms with Crippen molar-refractivity contribution in [1.82, 2.24) is 75.5 Å². The van der Waals surface area contributed by atoms with E-state index in [1.165, 1.54) is 116 Å². The quantitative estimate of drug-likeness (QED) is 0.0922. The average molecular weight is 1070 g/mol. The van der Waals surface area contributed by atoms with Crippen molar-refractivity contribution < 1.29 is 14.7 Å². The number of nitrogens with zero attached hydrogens (tertiary/aromatic N) is 12. The van der Waals surface area contributed by atoms with E-state index in [1.807, 2.05) is 47.0 Å². The van der Waals surface area contributed by atoms with Gasteiger partial charge in [0.25, 0.3) is 17.0 Å². The minimum Gasteiger partial charge on any atom is -0.476 e. The van der Waals surface area contributed by atoms with Crippen LogP contribution in [0.4, 0.5) is 0 Å². The van der Waals surface area contributed by atoms with E-state index in [0.29, 0.717) is 65.5 Å². The van der Waals surface area contributed by atoms with Crippen molar-refractivity contribution in [2.45, 2.75) is 218 Å². The fourth-order valence-corrected chi connectivity index (χ4v) is 13.5. The van der Waals surface area contributed by atoms with Gasteiger partial charge in [0, 0.05) is 48.3 Å². The van der Waals surface area contributed by atoms with E-state index in [9.17, 15) is 24.3 Å². The Morgan fingerprint density at radius 1 is 0.553 bits per heavy atom. The van der Waals surface area contributed by atoms with Crippen molar-refractivity contribution in [1.29, 1.82) is 0 Å². The zero-order valence-corrected chi connectivity index (χ0v) is 43.0. The Bertz CT molecular complexity index is 2890. The van der Waals surface area contributed by atoms with E-state index >= 15 is 0 Å².